The van der Waals surface area contributed by atoms with Gasteiger partial charge in [0.1, 0.15) is 0 Å². The van der Waals surface area contributed by atoms with Crippen LogP contribution in [0.3, 0.4) is 0 Å². The minimum atomic E-state index is 1.09. The predicted molar refractivity (Wildman–Crippen MR) is 48.0 cm³/mol. The summed E-state index contributed by atoms with van der Waals surface area (Å²) in [5.41, 5.74) is 2.65. The molecule has 0 atom stereocenters. The fourth-order valence-corrected chi connectivity index (χ4v) is 0.860. The van der Waals surface area contributed by atoms with Crippen molar-refractivity contribution in [3.05, 3.63) is 36.0 Å². The molecule has 0 unspecified atom stereocenters. The van der Waals surface area contributed by atoms with Crippen LogP contribution in [0.2, 0.25) is 0 Å². The van der Waals surface area contributed by atoms with Crippen LogP contribution in [0.4, 0.5) is 0 Å². The number of hydrogen-bond donors (Lipinski definition) is 0. The highest BCUT2D eigenvalue weighted by Gasteiger charge is 1.89. The Morgan fingerprint density at radius 3 is 2.40 bits per heavy atom. The second kappa shape index (κ2) is 5.04. The highest BCUT2D eigenvalue weighted by molar-refractivity contribution is 5.30. The average molecular weight is 136 g/mol. The molecule has 0 aromatic heterocycles. The van der Waals surface area contributed by atoms with Crippen LogP contribution in [0.25, 0.3) is 0 Å². The van der Waals surface area contributed by atoms with E-state index in [-0.39, 0.29) is 0 Å². The molecule has 0 amide bonds. The zero-order chi connectivity index (χ0) is 7.98. The first kappa shape index (κ1) is 9.22. The van der Waals surface area contributed by atoms with E-state index in [9.17, 15) is 0 Å². The Kier molecular flexibility index (Phi) is 4.65. The van der Waals surface area contributed by atoms with E-state index in [0.717, 1.165) is 6.42 Å². The van der Waals surface area contributed by atoms with E-state index in [2.05, 4.69) is 32.6 Å². The Hall–Kier alpha value is -0.780. The van der Waals surface area contributed by atoms with Gasteiger partial charge in [-0.05, 0) is 31.4 Å². The van der Waals surface area contributed by atoms with Crippen LogP contribution < -0.4 is 0 Å². The van der Waals surface area contributed by atoms with Crippen LogP contribution >= 0.6 is 0 Å². The summed E-state index contributed by atoms with van der Waals surface area (Å²) >= 11 is 0. The molecular formula is C10H16. The Labute approximate surface area is 64.0 Å². The summed E-state index contributed by atoms with van der Waals surface area (Å²) in [6.07, 6.45) is 7.18. The quantitative estimate of drug-likeness (QED) is 0.521. The van der Waals surface area contributed by atoms with E-state index in [1.165, 1.54) is 11.1 Å². The van der Waals surface area contributed by atoms with Crippen molar-refractivity contribution in [1.82, 2.24) is 0 Å². The molecule has 0 radical (unpaired) electrons. The summed E-state index contributed by atoms with van der Waals surface area (Å²) in [6.45, 7) is 10.00. The van der Waals surface area contributed by atoms with Gasteiger partial charge in [0.25, 0.3) is 0 Å². The van der Waals surface area contributed by atoms with Crippen molar-refractivity contribution in [3.63, 3.8) is 0 Å². The minimum Gasteiger partial charge on any atom is -0.0988 e. The Bertz CT molecular complexity index is 159. The third kappa shape index (κ3) is 2.67. The van der Waals surface area contributed by atoms with Crippen molar-refractivity contribution in [2.24, 2.45) is 0 Å². The smallest absolute Gasteiger partial charge is 0.0305 e. The third-order valence-corrected chi connectivity index (χ3v) is 1.56. The summed E-state index contributed by atoms with van der Waals surface area (Å²) in [5, 5.41) is 0. The van der Waals surface area contributed by atoms with E-state index >= 15 is 0 Å². The molecule has 0 bridgehead atoms. The van der Waals surface area contributed by atoms with Crippen LogP contribution in [-0.4, -0.2) is 0 Å². The van der Waals surface area contributed by atoms with E-state index in [4.69, 9.17) is 0 Å². The first-order chi connectivity index (χ1) is 4.76. The topological polar surface area (TPSA) is 0 Å². The van der Waals surface area contributed by atoms with Gasteiger partial charge in [0, 0.05) is 0 Å². The molecule has 0 rings (SSSR count). The molecule has 0 fully saturated rings. The molecule has 0 aromatic carbocycles. The molecule has 0 aliphatic carbocycles. The number of hydrogen-bond acceptors (Lipinski definition) is 0. The van der Waals surface area contributed by atoms with Gasteiger partial charge in [0.15, 0.2) is 0 Å². The van der Waals surface area contributed by atoms with Gasteiger partial charge >= 0.3 is 0 Å². The van der Waals surface area contributed by atoms with Gasteiger partial charge in [-0.2, -0.15) is 0 Å². The van der Waals surface area contributed by atoms with Crippen LogP contribution in [0.1, 0.15) is 27.2 Å². The Morgan fingerprint density at radius 1 is 1.50 bits per heavy atom. The van der Waals surface area contributed by atoms with Gasteiger partial charge in [0.2, 0.25) is 0 Å². The van der Waals surface area contributed by atoms with E-state index in [1.807, 2.05) is 13.0 Å². The molecule has 0 saturated carbocycles. The highest BCUT2D eigenvalue weighted by Crippen LogP contribution is 2.10. The maximum atomic E-state index is 3.72. The molecule has 0 N–H and O–H groups in total. The van der Waals surface area contributed by atoms with Crippen molar-refractivity contribution >= 4 is 0 Å². The molecule has 0 heterocycles. The van der Waals surface area contributed by atoms with Gasteiger partial charge in [-0.1, -0.05) is 31.7 Å². The van der Waals surface area contributed by atoms with E-state index in [1.54, 1.807) is 0 Å². The number of rotatable bonds is 3. The second-order valence-electron chi connectivity index (χ2n) is 2.27. The molecule has 0 aromatic rings. The summed E-state index contributed by atoms with van der Waals surface area (Å²) in [7, 11) is 0. The maximum absolute atomic E-state index is 3.72. The van der Waals surface area contributed by atoms with Crippen LogP contribution in [0.15, 0.2) is 36.0 Å². The van der Waals surface area contributed by atoms with Crippen molar-refractivity contribution < 1.29 is 0 Å². The van der Waals surface area contributed by atoms with Gasteiger partial charge in [-0.25, -0.2) is 0 Å². The van der Waals surface area contributed by atoms with Crippen LogP contribution in [-0.2, 0) is 0 Å². The zero-order valence-corrected chi connectivity index (χ0v) is 7.15. The maximum Gasteiger partial charge on any atom is -0.0305 e. The standard InChI is InChI=1S/C10H16/c1-5-8-10(7-3)9(4)6-2/h5-6,8H,2,7H2,1,3-4H3. The molecule has 10 heavy (non-hydrogen) atoms. The van der Waals surface area contributed by atoms with Gasteiger partial charge < -0.3 is 0 Å². The molecule has 0 aliphatic rings. The second-order valence-corrected chi connectivity index (χ2v) is 2.27. The van der Waals surface area contributed by atoms with Crippen LogP contribution in [0, 0.1) is 0 Å². The van der Waals surface area contributed by atoms with Crippen molar-refractivity contribution in [3.8, 4) is 0 Å². The molecule has 56 valence electrons. The Morgan fingerprint density at radius 2 is 2.10 bits per heavy atom. The lowest BCUT2D eigenvalue weighted by Gasteiger charge is -1.99. The minimum absolute atomic E-state index is 1.09. The average Bonchev–Trinajstić information content (AvgIpc) is 1.99. The van der Waals surface area contributed by atoms with Crippen molar-refractivity contribution in [2.75, 3.05) is 0 Å². The monoisotopic (exact) mass is 136 g/mol. The SMILES string of the molecule is C=CC(C)=C(C=CC)CC. The first-order valence-electron chi connectivity index (χ1n) is 3.71. The summed E-state index contributed by atoms with van der Waals surface area (Å²) in [6, 6.07) is 0. The number of allylic oxidation sites excluding steroid dienone is 5. The van der Waals surface area contributed by atoms with Crippen LogP contribution in [0.5, 0.6) is 0 Å². The lowest BCUT2D eigenvalue weighted by molar-refractivity contribution is 1.12. The van der Waals surface area contributed by atoms with Gasteiger partial charge in [-0.3, -0.25) is 0 Å². The zero-order valence-electron chi connectivity index (χ0n) is 7.15. The Balaban J connectivity index is 4.44. The van der Waals surface area contributed by atoms with E-state index in [0.29, 0.717) is 0 Å². The summed E-state index contributed by atoms with van der Waals surface area (Å²) in [4.78, 5) is 0. The highest BCUT2D eigenvalue weighted by atomic mass is 14.0. The van der Waals surface area contributed by atoms with Gasteiger partial charge in [-0.15, -0.1) is 0 Å². The third-order valence-electron chi connectivity index (χ3n) is 1.56. The van der Waals surface area contributed by atoms with E-state index < -0.39 is 0 Å². The first-order valence-corrected chi connectivity index (χ1v) is 3.71. The lowest BCUT2D eigenvalue weighted by Crippen LogP contribution is -1.78. The molecule has 0 spiro atoms. The molecule has 0 saturated heterocycles. The molecule has 0 aliphatic heterocycles. The summed E-state index contributed by atoms with van der Waals surface area (Å²) < 4.78 is 0. The van der Waals surface area contributed by atoms with Crippen molar-refractivity contribution in [1.29, 1.82) is 0 Å². The fourth-order valence-electron chi connectivity index (χ4n) is 0.860. The fraction of sp³-hybridized carbons (Fsp3) is 0.400. The largest absolute Gasteiger partial charge is 0.0988 e. The molecule has 0 nitrogen and oxygen atoms in total. The molecule has 0 heteroatoms. The summed E-state index contributed by atoms with van der Waals surface area (Å²) in [5.74, 6) is 0. The predicted octanol–water partition coefficient (Wildman–Crippen LogP) is 3.48. The van der Waals surface area contributed by atoms with Crippen molar-refractivity contribution in [2.45, 2.75) is 27.2 Å². The lowest BCUT2D eigenvalue weighted by atomic mass is 10.1. The normalized spacial score (nSPS) is 13.5. The molecular weight excluding hydrogens is 120 g/mol. The van der Waals surface area contributed by atoms with Gasteiger partial charge in [0.05, 0.1) is 0 Å².